The summed E-state index contributed by atoms with van der Waals surface area (Å²) in [6.07, 6.45) is 0.990. The van der Waals surface area contributed by atoms with Gasteiger partial charge in [0.15, 0.2) is 9.11 Å². The van der Waals surface area contributed by atoms with E-state index in [1.54, 1.807) is 43.8 Å². The molecule has 2 amide bonds. The maximum absolute atomic E-state index is 11.8. The Morgan fingerprint density at radius 1 is 1.39 bits per heavy atom. The Labute approximate surface area is 136 Å². The van der Waals surface area contributed by atoms with Crippen molar-refractivity contribution < 1.29 is 21.9 Å². The van der Waals surface area contributed by atoms with Gasteiger partial charge in [-0.2, -0.15) is 0 Å². The van der Waals surface area contributed by atoms with Gasteiger partial charge in [-0.25, -0.2) is 10.6 Å². The van der Waals surface area contributed by atoms with Crippen molar-refractivity contribution in [1.82, 2.24) is 10.3 Å². The third-order valence-corrected chi connectivity index (χ3v) is 2.47. The number of aldehydes is 1. The van der Waals surface area contributed by atoms with E-state index < -0.39 is 6.09 Å². The van der Waals surface area contributed by atoms with Gasteiger partial charge in [-0.05, 0) is 12.1 Å². The highest BCUT2D eigenvalue weighted by atomic mass is 16.6. The number of hydrogen-bond donors (Lipinski definition) is 4. The fraction of sp³-hybridized carbons (Fsp3) is 0.214. The molecular formula is C14H19N5O4. The maximum atomic E-state index is 11.8. The highest BCUT2D eigenvalue weighted by molar-refractivity contribution is 5.98. The minimum atomic E-state index is -0.808. The fourth-order valence-corrected chi connectivity index (χ4v) is 1.44. The molecule has 0 fully saturated rings. The lowest BCUT2D eigenvalue weighted by Gasteiger charge is -2.21. The lowest BCUT2D eigenvalue weighted by atomic mass is 10.2. The molecule has 9 heteroatoms. The first kappa shape index (κ1) is 14.9. The molecule has 0 bridgehead atoms. The number of carbonyl (C=O) groups is 3. The molecule has 1 heterocycles. The number of nitrogens with two attached hydrogens (primary N) is 1. The highest BCUT2D eigenvalue weighted by Gasteiger charge is 2.16. The maximum Gasteiger partial charge on any atom is 0.421 e. The molecule has 0 unspecified atom stereocenters. The number of nitrogens with one attached hydrogen (secondary N) is 3. The molecule has 2 rings (SSSR count). The van der Waals surface area contributed by atoms with Crippen LogP contribution in [0.3, 0.4) is 0 Å². The Morgan fingerprint density at radius 3 is 2.61 bits per heavy atom. The van der Waals surface area contributed by atoms with Crippen molar-refractivity contribution >= 4 is 29.7 Å². The molecule has 5 N–H and O–H groups in total. The van der Waals surface area contributed by atoms with E-state index in [2.05, 4.69) is 10.6 Å². The molecule has 1 aromatic carbocycles. The zero-order valence-corrected chi connectivity index (χ0v) is 12.7. The first-order valence-electron chi connectivity index (χ1n) is 7.39. The SMILES string of the molecule is NNC(=O)OCC=O.[2H]N1C=C(C(=O)N(C)C)N([2H])c2ccccc21. The molecule has 0 spiro atoms. The quantitative estimate of drug-likeness (QED) is 0.272. The number of nitrogens with zero attached hydrogens (tertiary/aromatic N) is 1. The van der Waals surface area contributed by atoms with Gasteiger partial charge in [-0.15, -0.1) is 0 Å². The minimum Gasteiger partial charge on any atom is -0.441 e. The van der Waals surface area contributed by atoms with Gasteiger partial charge in [0.2, 0.25) is 0 Å². The molecule has 0 saturated carbocycles. The first-order chi connectivity index (χ1) is 11.8. The van der Waals surface area contributed by atoms with Crippen LogP contribution >= 0.6 is 0 Å². The van der Waals surface area contributed by atoms with E-state index in [0.717, 1.165) is 10.6 Å². The zero-order chi connectivity index (χ0) is 19.0. The van der Waals surface area contributed by atoms with Crippen LogP contribution in [0.2, 0.25) is 2.82 Å². The summed E-state index contributed by atoms with van der Waals surface area (Å²) in [5, 5.41) is 2.17. The second-order valence-electron chi connectivity index (χ2n) is 4.35. The molecule has 0 aromatic heterocycles. The standard InChI is InChI=1S/C11H13N3O.C3H6N2O3/c1-14(2)11(15)10-7-12-8-5-3-4-6-9(8)13-10;4-5-3(7)8-2-1-6/h3-7,12-13H,1-2H3;1H,2,4H2,(H,5,7)/i/hD2. The van der Waals surface area contributed by atoms with Crippen LogP contribution in [0.15, 0.2) is 36.2 Å². The van der Waals surface area contributed by atoms with Crippen molar-refractivity contribution in [3.8, 4) is 0 Å². The summed E-state index contributed by atoms with van der Waals surface area (Å²) in [5.41, 5.74) is 2.94. The number of para-hydroxylation sites is 2. The third-order valence-electron chi connectivity index (χ3n) is 2.47. The van der Waals surface area contributed by atoms with Crippen LogP contribution in [0.5, 0.6) is 0 Å². The summed E-state index contributed by atoms with van der Waals surface area (Å²) in [6.45, 7) is -0.261. The van der Waals surface area contributed by atoms with Gasteiger partial charge in [0.25, 0.3) is 5.91 Å². The smallest absolute Gasteiger partial charge is 0.421 e. The Bertz CT molecular complexity index is 668. The average molecular weight is 323 g/mol. The van der Waals surface area contributed by atoms with E-state index in [1.165, 1.54) is 11.1 Å². The summed E-state index contributed by atoms with van der Waals surface area (Å²) in [6, 6.07) is 7.01. The number of rotatable bonds is 3. The minimum absolute atomic E-state index is 0.156. The van der Waals surface area contributed by atoms with Crippen molar-refractivity contribution in [3.63, 3.8) is 0 Å². The van der Waals surface area contributed by atoms with Crippen molar-refractivity contribution in [2.24, 2.45) is 5.84 Å². The van der Waals surface area contributed by atoms with Crippen LogP contribution in [-0.2, 0) is 14.3 Å². The Morgan fingerprint density at radius 2 is 2.04 bits per heavy atom. The first-order valence-corrected chi connectivity index (χ1v) is 6.50. The lowest BCUT2D eigenvalue weighted by Crippen LogP contribution is -2.31. The number of hydrogen-bond acceptors (Lipinski definition) is 7. The number of likely N-dealkylation sites (N-methyl/N-ethyl adjacent to an activating group) is 1. The molecule has 1 aromatic rings. The molecule has 0 atom stereocenters. The topological polar surface area (TPSA) is 126 Å². The molecule has 9 nitrogen and oxygen atoms in total. The zero-order valence-electron chi connectivity index (χ0n) is 14.7. The number of benzene rings is 1. The van der Waals surface area contributed by atoms with E-state index in [9.17, 15) is 14.4 Å². The summed E-state index contributed by atoms with van der Waals surface area (Å²) < 4.78 is 19.8. The van der Waals surface area contributed by atoms with E-state index in [1.807, 2.05) is 0 Å². The van der Waals surface area contributed by atoms with Crippen molar-refractivity contribution in [3.05, 3.63) is 36.2 Å². The Balaban J connectivity index is 0.000000333. The van der Waals surface area contributed by atoms with Gasteiger partial charge >= 0.3 is 6.09 Å². The van der Waals surface area contributed by atoms with E-state index in [0.29, 0.717) is 17.7 Å². The van der Waals surface area contributed by atoms with Crippen LogP contribution in [0, 0.1) is 0 Å². The highest BCUT2D eigenvalue weighted by Crippen LogP contribution is 2.26. The van der Waals surface area contributed by atoms with Crippen LogP contribution in [0.25, 0.3) is 0 Å². The summed E-state index contributed by atoms with van der Waals surface area (Å²) in [4.78, 5) is 32.7. The van der Waals surface area contributed by atoms with E-state index in [-0.39, 0.29) is 18.2 Å². The second kappa shape index (κ2) is 9.05. The van der Waals surface area contributed by atoms with Crippen molar-refractivity contribution in [1.29, 1.82) is 0 Å². The summed E-state index contributed by atoms with van der Waals surface area (Å²) in [7, 11) is 3.23. The van der Waals surface area contributed by atoms with Gasteiger partial charge in [-0.1, -0.05) is 12.1 Å². The van der Waals surface area contributed by atoms with Crippen molar-refractivity contribution in [2.45, 2.75) is 0 Å². The summed E-state index contributed by atoms with van der Waals surface area (Å²) in [5.74, 6) is 4.27. The van der Waals surface area contributed by atoms with Crippen LogP contribution in [0.1, 0.15) is 0 Å². The largest absolute Gasteiger partial charge is 0.441 e. The van der Waals surface area contributed by atoms with Gasteiger partial charge < -0.3 is 20.3 Å². The third kappa shape index (κ3) is 5.67. The molecule has 124 valence electrons. The number of amides is 2. The number of fused-ring (bicyclic) bond motifs is 1. The predicted octanol–water partition coefficient (Wildman–Crippen LogP) is 0.239. The van der Waals surface area contributed by atoms with Gasteiger partial charge in [0.1, 0.15) is 12.3 Å². The van der Waals surface area contributed by atoms with E-state index >= 15 is 0 Å². The van der Waals surface area contributed by atoms with Gasteiger partial charge in [0.05, 0.1) is 11.4 Å². The average Bonchev–Trinajstić information content (AvgIpc) is 2.62. The van der Waals surface area contributed by atoms with E-state index in [4.69, 9.17) is 2.82 Å². The molecular weight excluding hydrogens is 302 g/mol. The predicted molar refractivity (Wildman–Crippen MR) is 85.2 cm³/mol. The van der Waals surface area contributed by atoms with Gasteiger partial charge in [0, 0.05) is 20.3 Å². The number of anilines is 2. The molecule has 1 aliphatic rings. The summed E-state index contributed by atoms with van der Waals surface area (Å²) >= 11 is 0. The number of hydrazine groups is 1. The van der Waals surface area contributed by atoms with Crippen LogP contribution < -0.4 is 21.9 Å². The Hall–Kier alpha value is -3.07. The second-order valence-corrected chi connectivity index (χ2v) is 4.35. The monoisotopic (exact) mass is 323 g/mol. The lowest BCUT2D eigenvalue weighted by molar-refractivity contribution is -0.124. The normalized spacial score (nSPS) is 13.3. The molecule has 0 radical (unpaired) electrons. The van der Waals surface area contributed by atoms with Crippen LogP contribution in [0.4, 0.5) is 16.2 Å². The molecule has 0 saturated heterocycles. The number of carbonyl (C=O) groups excluding carboxylic acids is 3. The fourth-order valence-electron chi connectivity index (χ4n) is 1.44. The van der Waals surface area contributed by atoms with Gasteiger partial charge in [-0.3, -0.25) is 15.0 Å². The van der Waals surface area contributed by atoms with Crippen LogP contribution in [-0.4, -0.2) is 43.9 Å². The number of ether oxygens (including phenoxy) is 1. The molecule has 0 aliphatic carbocycles. The Kier molecular flexibility index (Phi) is 5.84. The van der Waals surface area contributed by atoms with Crippen molar-refractivity contribution in [2.75, 3.05) is 31.3 Å². The molecule has 1 aliphatic heterocycles. The molecule has 23 heavy (non-hydrogen) atoms.